The van der Waals surface area contributed by atoms with Crippen LogP contribution >= 0.6 is 11.3 Å². The van der Waals surface area contributed by atoms with Gasteiger partial charge in [0.25, 0.3) is 5.91 Å². The van der Waals surface area contributed by atoms with E-state index in [1.165, 1.54) is 16.4 Å². The molecule has 0 saturated carbocycles. The van der Waals surface area contributed by atoms with E-state index in [9.17, 15) is 18.0 Å². The monoisotopic (exact) mass is 374 g/mol. The van der Waals surface area contributed by atoms with Gasteiger partial charge in [0.2, 0.25) is 10.0 Å². The van der Waals surface area contributed by atoms with E-state index >= 15 is 0 Å². The quantitative estimate of drug-likeness (QED) is 0.787. The third-order valence-electron chi connectivity index (χ3n) is 3.77. The van der Waals surface area contributed by atoms with E-state index in [2.05, 4.69) is 5.32 Å². The maximum absolute atomic E-state index is 12.2. The number of amides is 1. The maximum atomic E-state index is 12.2. The van der Waals surface area contributed by atoms with Crippen LogP contribution < -0.4 is 5.32 Å². The molecule has 2 heterocycles. The van der Waals surface area contributed by atoms with Gasteiger partial charge in [0.15, 0.2) is 0 Å². The van der Waals surface area contributed by atoms with Crippen LogP contribution in [-0.2, 0) is 10.0 Å². The van der Waals surface area contributed by atoms with Crippen molar-refractivity contribution in [2.24, 2.45) is 5.92 Å². The van der Waals surface area contributed by atoms with E-state index in [-0.39, 0.29) is 28.5 Å². The highest BCUT2D eigenvalue weighted by molar-refractivity contribution is 7.89. The molecule has 1 aromatic heterocycles. The first-order valence-electron chi connectivity index (χ1n) is 7.81. The fraction of sp³-hybridized carbons (Fsp3) is 0.600. The fourth-order valence-electron chi connectivity index (χ4n) is 2.64. The SMILES string of the molecule is CC(C)CS(=O)(=O)N1CCC(NC(=O)c2ccc(C(=O)O)s2)CC1. The molecule has 0 aliphatic carbocycles. The third kappa shape index (κ3) is 4.78. The number of rotatable bonds is 6. The molecule has 0 atom stereocenters. The molecule has 1 saturated heterocycles. The lowest BCUT2D eigenvalue weighted by molar-refractivity contribution is 0.0702. The number of sulfonamides is 1. The normalized spacial score (nSPS) is 17.1. The lowest BCUT2D eigenvalue weighted by Crippen LogP contribution is -2.47. The van der Waals surface area contributed by atoms with Crippen molar-refractivity contribution in [1.29, 1.82) is 0 Å². The summed E-state index contributed by atoms with van der Waals surface area (Å²) in [4.78, 5) is 23.5. The van der Waals surface area contributed by atoms with Crippen molar-refractivity contribution in [2.75, 3.05) is 18.8 Å². The van der Waals surface area contributed by atoms with Gasteiger partial charge in [0.1, 0.15) is 4.88 Å². The molecule has 1 aromatic rings. The number of hydrogen-bond donors (Lipinski definition) is 2. The Morgan fingerprint density at radius 2 is 1.88 bits per heavy atom. The summed E-state index contributed by atoms with van der Waals surface area (Å²) in [5, 5.41) is 11.7. The lowest BCUT2D eigenvalue weighted by atomic mass is 10.1. The molecule has 9 heteroatoms. The first-order valence-corrected chi connectivity index (χ1v) is 10.2. The number of carbonyl (C=O) groups excluding carboxylic acids is 1. The molecule has 2 N–H and O–H groups in total. The first kappa shape index (κ1) is 18.9. The molecule has 0 radical (unpaired) electrons. The second-order valence-electron chi connectivity index (χ2n) is 6.29. The number of piperidine rings is 1. The van der Waals surface area contributed by atoms with Crippen LogP contribution in [0, 0.1) is 5.92 Å². The molecule has 1 aliphatic heterocycles. The number of carbonyl (C=O) groups is 2. The molecule has 0 aromatic carbocycles. The minimum absolute atomic E-state index is 0.0784. The number of carboxylic acid groups (broad SMARTS) is 1. The lowest BCUT2D eigenvalue weighted by Gasteiger charge is -2.32. The predicted molar refractivity (Wildman–Crippen MR) is 92.0 cm³/mol. The Morgan fingerprint density at radius 3 is 2.38 bits per heavy atom. The fourth-order valence-corrected chi connectivity index (χ4v) is 5.20. The van der Waals surface area contributed by atoms with Crippen molar-refractivity contribution in [3.05, 3.63) is 21.9 Å². The van der Waals surface area contributed by atoms with E-state index < -0.39 is 16.0 Å². The summed E-state index contributed by atoms with van der Waals surface area (Å²) < 4.78 is 25.9. The maximum Gasteiger partial charge on any atom is 0.345 e. The van der Waals surface area contributed by atoms with Crippen molar-refractivity contribution in [3.63, 3.8) is 0 Å². The standard InChI is InChI=1S/C15H22N2O5S2/c1-10(2)9-24(21,22)17-7-5-11(6-8-17)16-14(18)12-3-4-13(23-12)15(19)20/h3-4,10-11H,5-9H2,1-2H3,(H,16,18)(H,19,20). The smallest absolute Gasteiger partial charge is 0.345 e. The van der Waals surface area contributed by atoms with Gasteiger partial charge in [-0.3, -0.25) is 4.79 Å². The third-order valence-corrected chi connectivity index (χ3v) is 7.08. The highest BCUT2D eigenvalue weighted by Gasteiger charge is 2.29. The van der Waals surface area contributed by atoms with Crippen molar-refractivity contribution >= 4 is 33.2 Å². The molecule has 1 fully saturated rings. The summed E-state index contributed by atoms with van der Waals surface area (Å²) in [5.41, 5.74) is 0. The summed E-state index contributed by atoms with van der Waals surface area (Å²) in [5.74, 6) is -1.15. The van der Waals surface area contributed by atoms with Crippen LogP contribution in [0.3, 0.4) is 0 Å². The van der Waals surface area contributed by atoms with Crippen LogP contribution in [0.5, 0.6) is 0 Å². The van der Waals surface area contributed by atoms with Gasteiger partial charge in [0, 0.05) is 19.1 Å². The molecule has 2 rings (SSSR count). The van der Waals surface area contributed by atoms with Gasteiger partial charge in [-0.2, -0.15) is 0 Å². The molecule has 0 spiro atoms. The number of carboxylic acids is 1. The zero-order valence-corrected chi connectivity index (χ0v) is 15.3. The zero-order valence-electron chi connectivity index (χ0n) is 13.7. The summed E-state index contributed by atoms with van der Waals surface area (Å²) in [7, 11) is -3.24. The number of nitrogens with one attached hydrogen (secondary N) is 1. The Hall–Kier alpha value is -1.45. The summed E-state index contributed by atoms with van der Waals surface area (Å²) in [6, 6.07) is 2.80. The second kappa shape index (κ2) is 7.62. The van der Waals surface area contributed by atoms with E-state index in [1.807, 2.05) is 13.8 Å². The van der Waals surface area contributed by atoms with Crippen molar-refractivity contribution in [2.45, 2.75) is 32.7 Å². The van der Waals surface area contributed by atoms with Gasteiger partial charge >= 0.3 is 5.97 Å². The first-order chi connectivity index (χ1) is 11.2. The van der Waals surface area contributed by atoms with Gasteiger partial charge in [-0.25, -0.2) is 17.5 Å². The van der Waals surface area contributed by atoms with Crippen LogP contribution in [0.1, 0.15) is 46.0 Å². The molecule has 134 valence electrons. The minimum atomic E-state index is -3.24. The average molecular weight is 374 g/mol. The zero-order chi connectivity index (χ0) is 17.9. The van der Waals surface area contributed by atoms with Gasteiger partial charge in [-0.1, -0.05) is 13.8 Å². The summed E-state index contributed by atoms with van der Waals surface area (Å²) in [6.45, 7) is 4.53. The second-order valence-corrected chi connectivity index (χ2v) is 9.39. The van der Waals surface area contributed by atoms with Crippen LogP contribution in [0.25, 0.3) is 0 Å². The molecule has 1 aliphatic rings. The molecule has 7 nitrogen and oxygen atoms in total. The molecular weight excluding hydrogens is 352 g/mol. The van der Waals surface area contributed by atoms with Crippen molar-refractivity contribution in [1.82, 2.24) is 9.62 Å². The molecule has 1 amide bonds. The number of aromatic carboxylic acids is 1. The molecular formula is C15H22N2O5S2. The Bertz CT molecular complexity index is 703. The number of hydrogen-bond acceptors (Lipinski definition) is 5. The van der Waals surface area contributed by atoms with E-state index in [4.69, 9.17) is 5.11 Å². The number of nitrogens with zero attached hydrogens (tertiary/aromatic N) is 1. The van der Waals surface area contributed by atoms with Gasteiger partial charge in [-0.05, 0) is 30.9 Å². The van der Waals surface area contributed by atoms with Crippen LogP contribution in [0.15, 0.2) is 12.1 Å². The largest absolute Gasteiger partial charge is 0.477 e. The van der Waals surface area contributed by atoms with Crippen LogP contribution in [-0.4, -0.2) is 54.6 Å². The Kier molecular flexibility index (Phi) is 6.00. The molecule has 0 bridgehead atoms. The highest BCUT2D eigenvalue weighted by Crippen LogP contribution is 2.19. The van der Waals surface area contributed by atoms with E-state index in [0.717, 1.165) is 11.3 Å². The Labute approximate surface area is 145 Å². The Morgan fingerprint density at radius 1 is 1.29 bits per heavy atom. The average Bonchev–Trinajstić information content (AvgIpc) is 2.96. The van der Waals surface area contributed by atoms with E-state index in [0.29, 0.717) is 30.8 Å². The number of thiophene rings is 1. The highest BCUT2D eigenvalue weighted by atomic mass is 32.2. The van der Waals surface area contributed by atoms with Gasteiger partial charge < -0.3 is 10.4 Å². The predicted octanol–water partition coefficient (Wildman–Crippen LogP) is 1.63. The molecule has 24 heavy (non-hydrogen) atoms. The summed E-state index contributed by atoms with van der Waals surface area (Å²) >= 11 is 0.931. The van der Waals surface area contributed by atoms with Crippen LogP contribution in [0.2, 0.25) is 0 Å². The van der Waals surface area contributed by atoms with Gasteiger partial charge in [0.05, 0.1) is 10.6 Å². The minimum Gasteiger partial charge on any atom is -0.477 e. The van der Waals surface area contributed by atoms with Crippen LogP contribution in [0.4, 0.5) is 0 Å². The van der Waals surface area contributed by atoms with Crippen molar-refractivity contribution < 1.29 is 23.1 Å². The Balaban J connectivity index is 1.88. The van der Waals surface area contributed by atoms with E-state index in [1.54, 1.807) is 0 Å². The topological polar surface area (TPSA) is 104 Å². The van der Waals surface area contributed by atoms with Crippen molar-refractivity contribution in [3.8, 4) is 0 Å². The van der Waals surface area contributed by atoms with Gasteiger partial charge in [-0.15, -0.1) is 11.3 Å². The summed E-state index contributed by atoms with van der Waals surface area (Å²) in [6.07, 6.45) is 1.11. The molecule has 0 unspecified atom stereocenters.